The molecule has 0 amide bonds. The van der Waals surface area contributed by atoms with E-state index < -0.39 is 12.0 Å². The molecule has 1 N–H and O–H groups in total. The van der Waals surface area contributed by atoms with Crippen molar-refractivity contribution < 1.29 is 9.90 Å². The molecule has 2 rings (SSSR count). The molecule has 1 aromatic heterocycles. The standard InChI is InChI=1S/C13H16Br2N2O2/c14-9-7-10(15)11(16-8-9)12(13(18)19)17-5-3-1-2-4-6-17/h7-8,12H,1-6H2,(H,18,19). The van der Waals surface area contributed by atoms with E-state index in [1.165, 1.54) is 12.8 Å². The van der Waals surface area contributed by atoms with Gasteiger partial charge in [-0.25, -0.2) is 0 Å². The van der Waals surface area contributed by atoms with Gasteiger partial charge in [-0.2, -0.15) is 0 Å². The smallest absolute Gasteiger partial charge is 0.327 e. The third-order valence-corrected chi connectivity index (χ3v) is 4.40. The van der Waals surface area contributed by atoms with Crippen LogP contribution < -0.4 is 0 Å². The fraction of sp³-hybridized carbons (Fsp3) is 0.538. The molecule has 19 heavy (non-hydrogen) atoms. The number of hydrogen-bond donors (Lipinski definition) is 1. The zero-order valence-electron chi connectivity index (χ0n) is 10.5. The van der Waals surface area contributed by atoms with Crippen LogP contribution in [0.25, 0.3) is 0 Å². The van der Waals surface area contributed by atoms with Crippen LogP contribution >= 0.6 is 31.9 Å². The Bertz CT molecular complexity index is 460. The highest BCUT2D eigenvalue weighted by molar-refractivity contribution is 9.11. The number of likely N-dealkylation sites (tertiary alicyclic amines) is 1. The molecule has 1 aromatic rings. The molecule has 1 fully saturated rings. The van der Waals surface area contributed by atoms with Gasteiger partial charge in [0.05, 0.1) is 5.69 Å². The molecule has 0 saturated carbocycles. The molecule has 1 aliphatic heterocycles. The van der Waals surface area contributed by atoms with Crippen molar-refractivity contribution in [2.75, 3.05) is 13.1 Å². The second kappa shape index (κ2) is 6.81. The largest absolute Gasteiger partial charge is 0.480 e. The van der Waals surface area contributed by atoms with Crippen molar-refractivity contribution in [1.29, 1.82) is 0 Å². The first kappa shape index (κ1) is 14.9. The first-order valence-electron chi connectivity index (χ1n) is 6.37. The van der Waals surface area contributed by atoms with Gasteiger partial charge in [0.25, 0.3) is 0 Å². The maximum absolute atomic E-state index is 11.6. The lowest BCUT2D eigenvalue weighted by molar-refractivity contribution is -0.143. The van der Waals surface area contributed by atoms with E-state index in [1.54, 1.807) is 6.20 Å². The summed E-state index contributed by atoms with van der Waals surface area (Å²) in [5.41, 5.74) is 0.581. The number of rotatable bonds is 3. The molecule has 2 heterocycles. The van der Waals surface area contributed by atoms with E-state index in [-0.39, 0.29) is 0 Å². The third-order valence-electron chi connectivity index (χ3n) is 3.33. The summed E-state index contributed by atoms with van der Waals surface area (Å²) in [5, 5.41) is 9.55. The highest BCUT2D eigenvalue weighted by atomic mass is 79.9. The lowest BCUT2D eigenvalue weighted by Crippen LogP contribution is -2.35. The average Bonchev–Trinajstić information content (AvgIpc) is 2.61. The van der Waals surface area contributed by atoms with Crippen molar-refractivity contribution in [2.24, 2.45) is 0 Å². The van der Waals surface area contributed by atoms with Crippen LogP contribution in [0.4, 0.5) is 0 Å². The summed E-state index contributed by atoms with van der Waals surface area (Å²) in [7, 11) is 0. The molecule has 1 aliphatic rings. The Balaban J connectivity index is 2.30. The number of halogens is 2. The van der Waals surface area contributed by atoms with E-state index in [9.17, 15) is 9.90 Å². The normalized spacial score (nSPS) is 18.8. The number of carbonyl (C=O) groups is 1. The van der Waals surface area contributed by atoms with E-state index in [2.05, 4.69) is 36.8 Å². The van der Waals surface area contributed by atoms with Gasteiger partial charge in [-0.3, -0.25) is 14.7 Å². The van der Waals surface area contributed by atoms with E-state index >= 15 is 0 Å². The van der Waals surface area contributed by atoms with Crippen LogP contribution in [-0.2, 0) is 4.79 Å². The average molecular weight is 392 g/mol. The quantitative estimate of drug-likeness (QED) is 0.854. The number of hydrogen-bond acceptors (Lipinski definition) is 3. The van der Waals surface area contributed by atoms with Crippen molar-refractivity contribution in [2.45, 2.75) is 31.7 Å². The summed E-state index contributed by atoms with van der Waals surface area (Å²) in [6.07, 6.45) is 6.11. The topological polar surface area (TPSA) is 53.4 Å². The number of carboxylic acid groups (broad SMARTS) is 1. The van der Waals surface area contributed by atoms with Crippen LogP contribution in [0.2, 0.25) is 0 Å². The monoisotopic (exact) mass is 390 g/mol. The minimum atomic E-state index is -0.836. The SMILES string of the molecule is O=C(O)C(c1ncc(Br)cc1Br)N1CCCCCC1. The molecule has 0 spiro atoms. The van der Waals surface area contributed by atoms with Crippen molar-refractivity contribution in [3.63, 3.8) is 0 Å². The molecule has 0 aromatic carbocycles. The predicted octanol–water partition coefficient (Wildman–Crippen LogP) is 3.61. The molecule has 0 aliphatic carbocycles. The summed E-state index contributed by atoms with van der Waals surface area (Å²) < 4.78 is 1.57. The van der Waals surface area contributed by atoms with Crippen LogP contribution in [0.5, 0.6) is 0 Å². The molecule has 4 nitrogen and oxygen atoms in total. The molecule has 1 saturated heterocycles. The first-order valence-corrected chi connectivity index (χ1v) is 7.96. The summed E-state index contributed by atoms with van der Waals surface area (Å²) in [6, 6.07) is 1.18. The van der Waals surface area contributed by atoms with Gasteiger partial charge in [0.15, 0.2) is 6.04 Å². The number of nitrogens with zero attached hydrogens (tertiary/aromatic N) is 2. The van der Waals surface area contributed by atoms with Gasteiger partial charge in [0.1, 0.15) is 0 Å². The van der Waals surface area contributed by atoms with Crippen LogP contribution in [0.15, 0.2) is 21.2 Å². The lowest BCUT2D eigenvalue weighted by atomic mass is 10.1. The molecular formula is C13H16Br2N2O2. The second-order valence-electron chi connectivity index (χ2n) is 4.71. The Morgan fingerprint density at radius 2 is 1.89 bits per heavy atom. The van der Waals surface area contributed by atoms with Crippen LogP contribution in [0.1, 0.15) is 37.4 Å². The number of aliphatic carboxylic acids is 1. The maximum atomic E-state index is 11.6. The van der Waals surface area contributed by atoms with Gasteiger partial charge in [-0.05, 0) is 63.9 Å². The Labute approximate surface area is 129 Å². The molecule has 104 valence electrons. The number of aromatic nitrogens is 1. The van der Waals surface area contributed by atoms with Gasteiger partial charge in [-0.1, -0.05) is 12.8 Å². The molecular weight excluding hydrogens is 376 g/mol. The van der Waals surface area contributed by atoms with E-state index in [0.29, 0.717) is 5.69 Å². The van der Waals surface area contributed by atoms with Crippen molar-refractivity contribution in [3.8, 4) is 0 Å². The van der Waals surface area contributed by atoms with Crippen molar-refractivity contribution in [1.82, 2.24) is 9.88 Å². The van der Waals surface area contributed by atoms with Crippen LogP contribution in [-0.4, -0.2) is 34.0 Å². The van der Waals surface area contributed by atoms with Crippen molar-refractivity contribution in [3.05, 3.63) is 26.9 Å². The van der Waals surface area contributed by atoms with Gasteiger partial charge < -0.3 is 5.11 Å². The molecule has 6 heteroatoms. The Morgan fingerprint density at radius 1 is 1.26 bits per heavy atom. The zero-order chi connectivity index (χ0) is 13.8. The molecule has 1 unspecified atom stereocenters. The van der Waals surface area contributed by atoms with Gasteiger partial charge in [-0.15, -0.1) is 0 Å². The Morgan fingerprint density at radius 3 is 2.42 bits per heavy atom. The molecule has 0 bridgehead atoms. The van der Waals surface area contributed by atoms with Crippen LogP contribution in [0.3, 0.4) is 0 Å². The summed E-state index contributed by atoms with van der Waals surface area (Å²) in [6.45, 7) is 1.64. The fourth-order valence-corrected chi connectivity index (χ4v) is 3.63. The summed E-state index contributed by atoms with van der Waals surface area (Å²) in [5.74, 6) is -0.836. The lowest BCUT2D eigenvalue weighted by Gasteiger charge is -2.27. The molecule has 0 radical (unpaired) electrons. The van der Waals surface area contributed by atoms with E-state index in [1.807, 2.05) is 11.0 Å². The van der Waals surface area contributed by atoms with Crippen LogP contribution in [0, 0.1) is 0 Å². The number of pyridine rings is 1. The van der Waals surface area contributed by atoms with Gasteiger partial charge in [0.2, 0.25) is 0 Å². The van der Waals surface area contributed by atoms with E-state index in [4.69, 9.17) is 0 Å². The fourth-order valence-electron chi connectivity index (χ4n) is 2.43. The zero-order valence-corrected chi connectivity index (χ0v) is 13.7. The van der Waals surface area contributed by atoms with Gasteiger partial charge in [0, 0.05) is 15.1 Å². The maximum Gasteiger partial charge on any atom is 0.327 e. The second-order valence-corrected chi connectivity index (χ2v) is 6.48. The van der Waals surface area contributed by atoms with E-state index in [0.717, 1.165) is 34.9 Å². The Kier molecular flexibility index (Phi) is 5.36. The predicted molar refractivity (Wildman–Crippen MR) is 80.1 cm³/mol. The third kappa shape index (κ3) is 3.77. The highest BCUT2D eigenvalue weighted by Gasteiger charge is 2.30. The van der Waals surface area contributed by atoms with Gasteiger partial charge >= 0.3 is 5.97 Å². The van der Waals surface area contributed by atoms with Crippen molar-refractivity contribution >= 4 is 37.8 Å². The number of carboxylic acids is 1. The highest BCUT2D eigenvalue weighted by Crippen LogP contribution is 2.30. The first-order chi connectivity index (χ1) is 9.09. The summed E-state index contributed by atoms with van der Waals surface area (Å²) >= 11 is 6.76. The minimum absolute atomic E-state index is 0.581. The summed E-state index contributed by atoms with van der Waals surface area (Å²) in [4.78, 5) is 17.9. The molecule has 1 atom stereocenters. The Hall–Kier alpha value is -0.460. The minimum Gasteiger partial charge on any atom is -0.480 e.